The maximum atomic E-state index is 4.41. The standard InChI is InChI=1S/C14H27N3/c1-6-15-13(8-7-11(2)3)10-14-9-12(4)16-17(14)5/h9,11,13,15H,6-8,10H2,1-5H3. The fourth-order valence-corrected chi connectivity index (χ4v) is 2.21. The predicted octanol–water partition coefficient (Wildman–Crippen LogP) is 2.69. The molecule has 0 bridgehead atoms. The number of aromatic nitrogens is 2. The van der Waals surface area contributed by atoms with E-state index < -0.39 is 0 Å². The maximum absolute atomic E-state index is 4.41. The van der Waals surface area contributed by atoms with Crippen LogP contribution in [0.5, 0.6) is 0 Å². The first-order valence-corrected chi connectivity index (χ1v) is 6.75. The second kappa shape index (κ2) is 6.80. The summed E-state index contributed by atoms with van der Waals surface area (Å²) in [4.78, 5) is 0. The number of nitrogens with zero attached hydrogens (tertiary/aromatic N) is 2. The summed E-state index contributed by atoms with van der Waals surface area (Å²) >= 11 is 0. The Hall–Kier alpha value is -0.830. The molecule has 3 heteroatoms. The second-order valence-electron chi connectivity index (χ2n) is 5.33. The van der Waals surface area contributed by atoms with Gasteiger partial charge in [-0.2, -0.15) is 5.10 Å². The van der Waals surface area contributed by atoms with E-state index in [0.717, 1.165) is 24.6 Å². The van der Waals surface area contributed by atoms with Crippen LogP contribution in [0.2, 0.25) is 0 Å². The van der Waals surface area contributed by atoms with Crippen molar-refractivity contribution >= 4 is 0 Å². The molecule has 0 fully saturated rings. The lowest BCUT2D eigenvalue weighted by Gasteiger charge is -2.18. The van der Waals surface area contributed by atoms with Crippen molar-refractivity contribution in [1.29, 1.82) is 0 Å². The van der Waals surface area contributed by atoms with Gasteiger partial charge in [-0.25, -0.2) is 0 Å². The molecule has 0 spiro atoms. The van der Waals surface area contributed by atoms with Crippen molar-refractivity contribution in [3.05, 3.63) is 17.5 Å². The van der Waals surface area contributed by atoms with Crippen LogP contribution in [0, 0.1) is 12.8 Å². The summed E-state index contributed by atoms with van der Waals surface area (Å²) in [6.45, 7) is 9.85. The monoisotopic (exact) mass is 237 g/mol. The van der Waals surface area contributed by atoms with Crippen molar-refractivity contribution in [3.8, 4) is 0 Å². The van der Waals surface area contributed by atoms with Crippen LogP contribution in [0.4, 0.5) is 0 Å². The van der Waals surface area contributed by atoms with Gasteiger partial charge in [-0.15, -0.1) is 0 Å². The first kappa shape index (κ1) is 14.2. The third kappa shape index (κ3) is 4.90. The quantitative estimate of drug-likeness (QED) is 0.790. The molecule has 0 aliphatic rings. The van der Waals surface area contributed by atoms with Crippen LogP contribution in [0.3, 0.4) is 0 Å². The van der Waals surface area contributed by atoms with E-state index in [1.54, 1.807) is 0 Å². The number of aryl methyl sites for hydroxylation is 2. The molecule has 1 N–H and O–H groups in total. The second-order valence-corrected chi connectivity index (χ2v) is 5.33. The minimum atomic E-state index is 0.581. The molecule has 0 radical (unpaired) electrons. The first-order chi connectivity index (χ1) is 8.02. The molecule has 0 amide bonds. The first-order valence-electron chi connectivity index (χ1n) is 6.75. The Morgan fingerprint density at radius 1 is 1.35 bits per heavy atom. The number of hydrogen-bond acceptors (Lipinski definition) is 2. The fraction of sp³-hybridized carbons (Fsp3) is 0.786. The average molecular weight is 237 g/mol. The molecular weight excluding hydrogens is 210 g/mol. The number of rotatable bonds is 7. The third-order valence-corrected chi connectivity index (χ3v) is 3.14. The van der Waals surface area contributed by atoms with E-state index in [2.05, 4.69) is 44.2 Å². The van der Waals surface area contributed by atoms with Crippen molar-refractivity contribution in [1.82, 2.24) is 15.1 Å². The van der Waals surface area contributed by atoms with Gasteiger partial charge in [-0.3, -0.25) is 4.68 Å². The van der Waals surface area contributed by atoms with Crippen LogP contribution in [0.1, 0.15) is 45.0 Å². The Morgan fingerprint density at radius 2 is 2.06 bits per heavy atom. The number of nitrogens with one attached hydrogen (secondary N) is 1. The highest BCUT2D eigenvalue weighted by molar-refractivity contribution is 5.10. The summed E-state index contributed by atoms with van der Waals surface area (Å²) in [5.74, 6) is 0.782. The van der Waals surface area contributed by atoms with E-state index in [4.69, 9.17) is 0 Å². The molecule has 0 saturated heterocycles. The van der Waals surface area contributed by atoms with E-state index >= 15 is 0 Å². The normalized spacial score (nSPS) is 13.3. The molecule has 17 heavy (non-hydrogen) atoms. The summed E-state index contributed by atoms with van der Waals surface area (Å²) in [5, 5.41) is 7.99. The zero-order valence-electron chi connectivity index (χ0n) is 12.0. The topological polar surface area (TPSA) is 29.9 Å². The smallest absolute Gasteiger partial charge is 0.0596 e. The minimum absolute atomic E-state index is 0.581. The highest BCUT2D eigenvalue weighted by atomic mass is 15.3. The SMILES string of the molecule is CCNC(CCC(C)C)Cc1cc(C)nn1C. The van der Waals surface area contributed by atoms with Gasteiger partial charge >= 0.3 is 0 Å². The lowest BCUT2D eigenvalue weighted by molar-refractivity contribution is 0.427. The van der Waals surface area contributed by atoms with Crippen molar-refractivity contribution in [2.75, 3.05) is 6.54 Å². The van der Waals surface area contributed by atoms with Gasteiger partial charge in [-0.1, -0.05) is 20.8 Å². The molecule has 1 atom stereocenters. The van der Waals surface area contributed by atoms with Gasteiger partial charge < -0.3 is 5.32 Å². The molecule has 0 saturated carbocycles. The van der Waals surface area contributed by atoms with Crippen LogP contribution in [0.25, 0.3) is 0 Å². The largest absolute Gasteiger partial charge is 0.314 e. The molecule has 3 nitrogen and oxygen atoms in total. The van der Waals surface area contributed by atoms with Gasteiger partial charge in [0, 0.05) is 25.2 Å². The third-order valence-electron chi connectivity index (χ3n) is 3.14. The molecule has 0 aliphatic heterocycles. The van der Waals surface area contributed by atoms with E-state index in [1.807, 2.05) is 11.7 Å². The van der Waals surface area contributed by atoms with Crippen LogP contribution < -0.4 is 5.32 Å². The Labute approximate surface area is 106 Å². The molecular formula is C14H27N3. The molecule has 1 aromatic rings. The lowest BCUT2D eigenvalue weighted by atomic mass is 10.00. The summed E-state index contributed by atoms with van der Waals surface area (Å²) in [6.07, 6.45) is 3.61. The van der Waals surface area contributed by atoms with Gasteiger partial charge in [0.05, 0.1) is 5.69 Å². The zero-order valence-corrected chi connectivity index (χ0v) is 12.0. The lowest BCUT2D eigenvalue weighted by Crippen LogP contribution is -2.32. The molecule has 0 aliphatic carbocycles. The Morgan fingerprint density at radius 3 is 2.53 bits per heavy atom. The average Bonchev–Trinajstić information content (AvgIpc) is 2.54. The molecule has 1 unspecified atom stereocenters. The van der Waals surface area contributed by atoms with E-state index in [1.165, 1.54) is 18.5 Å². The van der Waals surface area contributed by atoms with Crippen molar-refractivity contribution in [2.45, 2.75) is 53.0 Å². The highest BCUT2D eigenvalue weighted by Crippen LogP contribution is 2.12. The van der Waals surface area contributed by atoms with E-state index in [0.29, 0.717) is 6.04 Å². The van der Waals surface area contributed by atoms with Gasteiger partial charge in [0.2, 0.25) is 0 Å². The van der Waals surface area contributed by atoms with Gasteiger partial charge in [0.25, 0.3) is 0 Å². The molecule has 0 aromatic carbocycles. The number of likely N-dealkylation sites (N-methyl/N-ethyl adjacent to an activating group) is 1. The fourth-order valence-electron chi connectivity index (χ4n) is 2.21. The predicted molar refractivity (Wildman–Crippen MR) is 73.2 cm³/mol. The summed E-state index contributed by atoms with van der Waals surface area (Å²) in [7, 11) is 2.04. The summed E-state index contributed by atoms with van der Waals surface area (Å²) in [5.41, 5.74) is 2.44. The van der Waals surface area contributed by atoms with Crippen LogP contribution >= 0.6 is 0 Å². The maximum Gasteiger partial charge on any atom is 0.0596 e. The van der Waals surface area contributed by atoms with Gasteiger partial charge in [0.1, 0.15) is 0 Å². The molecule has 98 valence electrons. The van der Waals surface area contributed by atoms with Crippen LogP contribution in [0.15, 0.2) is 6.07 Å². The Kier molecular flexibility index (Phi) is 5.69. The highest BCUT2D eigenvalue weighted by Gasteiger charge is 2.12. The van der Waals surface area contributed by atoms with Crippen molar-refractivity contribution in [3.63, 3.8) is 0 Å². The van der Waals surface area contributed by atoms with E-state index in [9.17, 15) is 0 Å². The molecule has 1 rings (SSSR count). The summed E-state index contributed by atoms with van der Waals surface area (Å²) in [6, 6.07) is 2.77. The molecule has 1 aromatic heterocycles. The van der Waals surface area contributed by atoms with Crippen LogP contribution in [-0.2, 0) is 13.5 Å². The Bertz CT molecular complexity index is 328. The van der Waals surface area contributed by atoms with Gasteiger partial charge in [0.15, 0.2) is 0 Å². The Balaban J connectivity index is 2.56. The summed E-state index contributed by atoms with van der Waals surface area (Å²) < 4.78 is 2.01. The molecule has 1 heterocycles. The van der Waals surface area contributed by atoms with Crippen molar-refractivity contribution < 1.29 is 0 Å². The van der Waals surface area contributed by atoms with Gasteiger partial charge in [-0.05, 0) is 38.3 Å². The van der Waals surface area contributed by atoms with Crippen molar-refractivity contribution in [2.24, 2.45) is 13.0 Å². The number of hydrogen-bond donors (Lipinski definition) is 1. The zero-order chi connectivity index (χ0) is 12.8. The van der Waals surface area contributed by atoms with E-state index in [-0.39, 0.29) is 0 Å². The minimum Gasteiger partial charge on any atom is -0.314 e. The van der Waals surface area contributed by atoms with Crippen LogP contribution in [-0.4, -0.2) is 22.4 Å².